The van der Waals surface area contributed by atoms with Crippen molar-refractivity contribution >= 4 is 21.8 Å². The van der Waals surface area contributed by atoms with Gasteiger partial charge in [-0.05, 0) is 36.5 Å². The molecular weight excluding hydrogens is 278 g/mol. The fourth-order valence-corrected chi connectivity index (χ4v) is 3.67. The first kappa shape index (κ1) is 13.4. The van der Waals surface area contributed by atoms with Crippen LogP contribution in [0.2, 0.25) is 0 Å². The van der Waals surface area contributed by atoms with Gasteiger partial charge in [-0.2, -0.15) is 0 Å². The van der Waals surface area contributed by atoms with E-state index in [1.54, 1.807) is 0 Å². The first-order valence-corrected chi connectivity index (χ1v) is 7.95. The maximum atomic E-state index is 12.3. The zero-order valence-corrected chi connectivity index (χ0v) is 12.6. The highest BCUT2D eigenvalue weighted by Gasteiger charge is 2.43. The molecule has 0 aliphatic heterocycles. The van der Waals surface area contributed by atoms with Crippen LogP contribution in [0.15, 0.2) is 0 Å². The van der Waals surface area contributed by atoms with Crippen LogP contribution in [0.25, 0.3) is 0 Å². The molecule has 17 heavy (non-hydrogen) atoms. The van der Waals surface area contributed by atoms with E-state index in [4.69, 9.17) is 0 Å². The molecule has 0 radical (unpaired) electrons. The van der Waals surface area contributed by atoms with Crippen molar-refractivity contribution in [1.82, 2.24) is 5.32 Å². The van der Waals surface area contributed by atoms with Crippen molar-refractivity contribution in [1.29, 1.82) is 0 Å². The van der Waals surface area contributed by atoms with E-state index in [1.165, 1.54) is 32.1 Å². The summed E-state index contributed by atoms with van der Waals surface area (Å²) in [5.74, 6) is 0.518. The van der Waals surface area contributed by atoms with Crippen molar-refractivity contribution < 1.29 is 4.79 Å². The standard InChI is InChI=1S/C14H24BrNO/c1-13(2)6-4-3-5-11(13)12(17)16-10-14(9-15)7-8-14/h11H,3-10H2,1-2H3,(H,16,17). The van der Waals surface area contributed by atoms with Gasteiger partial charge in [0.25, 0.3) is 0 Å². The second-order valence-electron chi connectivity index (χ2n) is 6.64. The molecule has 2 nitrogen and oxygen atoms in total. The topological polar surface area (TPSA) is 29.1 Å². The Kier molecular flexibility index (Phi) is 3.86. The minimum Gasteiger partial charge on any atom is -0.355 e. The van der Waals surface area contributed by atoms with Crippen LogP contribution >= 0.6 is 15.9 Å². The zero-order chi connectivity index (χ0) is 12.5. The molecule has 2 fully saturated rings. The maximum Gasteiger partial charge on any atom is 0.223 e. The molecule has 1 unspecified atom stereocenters. The Morgan fingerprint density at radius 2 is 2.00 bits per heavy atom. The molecule has 0 aromatic rings. The Bertz CT molecular complexity index is 297. The molecular formula is C14H24BrNO. The van der Waals surface area contributed by atoms with E-state index >= 15 is 0 Å². The first-order chi connectivity index (χ1) is 7.99. The number of halogens is 1. The van der Waals surface area contributed by atoms with E-state index in [0.29, 0.717) is 11.3 Å². The fraction of sp³-hybridized carbons (Fsp3) is 0.929. The lowest BCUT2D eigenvalue weighted by molar-refractivity contribution is -0.130. The number of alkyl halides is 1. The van der Waals surface area contributed by atoms with Crippen molar-refractivity contribution in [3.8, 4) is 0 Å². The van der Waals surface area contributed by atoms with Gasteiger partial charge < -0.3 is 5.32 Å². The average molecular weight is 302 g/mol. The molecule has 2 rings (SSSR count). The van der Waals surface area contributed by atoms with Crippen molar-refractivity contribution in [3.63, 3.8) is 0 Å². The zero-order valence-electron chi connectivity index (χ0n) is 11.0. The number of carbonyl (C=O) groups is 1. The van der Waals surface area contributed by atoms with Gasteiger partial charge in [-0.3, -0.25) is 4.79 Å². The molecule has 1 N–H and O–H groups in total. The normalized spacial score (nSPS) is 29.7. The second kappa shape index (κ2) is 4.91. The van der Waals surface area contributed by atoms with E-state index in [0.717, 1.165) is 18.3 Å². The lowest BCUT2D eigenvalue weighted by Crippen LogP contribution is -2.43. The largest absolute Gasteiger partial charge is 0.355 e. The molecule has 98 valence electrons. The van der Waals surface area contributed by atoms with Gasteiger partial charge in [-0.1, -0.05) is 42.6 Å². The number of amides is 1. The van der Waals surface area contributed by atoms with Crippen LogP contribution in [0.1, 0.15) is 52.4 Å². The van der Waals surface area contributed by atoms with Gasteiger partial charge in [-0.25, -0.2) is 0 Å². The van der Waals surface area contributed by atoms with Crippen molar-refractivity contribution in [2.24, 2.45) is 16.7 Å². The van der Waals surface area contributed by atoms with Gasteiger partial charge in [-0.15, -0.1) is 0 Å². The molecule has 1 atom stereocenters. The van der Waals surface area contributed by atoms with Crippen LogP contribution in [0.3, 0.4) is 0 Å². The third-order valence-corrected chi connectivity index (χ3v) is 5.89. The van der Waals surface area contributed by atoms with Crippen LogP contribution in [0, 0.1) is 16.7 Å². The lowest BCUT2D eigenvalue weighted by atomic mass is 9.68. The van der Waals surface area contributed by atoms with Crippen molar-refractivity contribution in [3.05, 3.63) is 0 Å². The molecule has 0 spiro atoms. The van der Waals surface area contributed by atoms with Gasteiger partial charge in [0.05, 0.1) is 0 Å². The summed E-state index contributed by atoms with van der Waals surface area (Å²) in [6, 6.07) is 0. The molecule has 2 saturated carbocycles. The average Bonchev–Trinajstić information content (AvgIpc) is 3.06. The summed E-state index contributed by atoms with van der Waals surface area (Å²) in [6.07, 6.45) is 7.27. The minimum absolute atomic E-state index is 0.188. The van der Waals surface area contributed by atoms with E-state index in [9.17, 15) is 4.79 Å². The summed E-state index contributed by atoms with van der Waals surface area (Å²) >= 11 is 3.55. The Labute approximate surface area is 113 Å². The third kappa shape index (κ3) is 3.04. The summed E-state index contributed by atoms with van der Waals surface area (Å²) < 4.78 is 0. The molecule has 0 heterocycles. The molecule has 3 heteroatoms. The Morgan fingerprint density at radius 1 is 1.29 bits per heavy atom. The first-order valence-electron chi connectivity index (χ1n) is 6.83. The maximum absolute atomic E-state index is 12.3. The fourth-order valence-electron chi connectivity index (χ4n) is 2.91. The molecule has 0 aromatic heterocycles. The Balaban J connectivity index is 1.86. The van der Waals surface area contributed by atoms with Gasteiger partial charge >= 0.3 is 0 Å². The number of hydrogen-bond acceptors (Lipinski definition) is 1. The number of rotatable bonds is 4. The SMILES string of the molecule is CC1(C)CCCCC1C(=O)NCC1(CBr)CC1. The quantitative estimate of drug-likeness (QED) is 0.791. The van der Waals surface area contributed by atoms with Crippen LogP contribution in [-0.2, 0) is 4.79 Å². The highest BCUT2D eigenvalue weighted by atomic mass is 79.9. The molecule has 0 saturated heterocycles. The lowest BCUT2D eigenvalue weighted by Gasteiger charge is -2.37. The molecule has 0 bridgehead atoms. The van der Waals surface area contributed by atoms with Crippen LogP contribution in [0.5, 0.6) is 0 Å². The molecule has 2 aliphatic rings. The van der Waals surface area contributed by atoms with Crippen molar-refractivity contribution in [2.75, 3.05) is 11.9 Å². The summed E-state index contributed by atoms with van der Waals surface area (Å²) in [7, 11) is 0. The van der Waals surface area contributed by atoms with Crippen LogP contribution in [-0.4, -0.2) is 17.8 Å². The highest BCUT2D eigenvalue weighted by Crippen LogP contribution is 2.46. The van der Waals surface area contributed by atoms with E-state index in [-0.39, 0.29) is 11.3 Å². The molecule has 1 amide bonds. The number of hydrogen-bond donors (Lipinski definition) is 1. The summed E-state index contributed by atoms with van der Waals surface area (Å²) in [6.45, 7) is 5.35. The highest BCUT2D eigenvalue weighted by molar-refractivity contribution is 9.09. The van der Waals surface area contributed by atoms with Crippen LogP contribution in [0.4, 0.5) is 0 Å². The Morgan fingerprint density at radius 3 is 2.53 bits per heavy atom. The van der Waals surface area contributed by atoms with Crippen LogP contribution < -0.4 is 5.32 Å². The van der Waals surface area contributed by atoms with Gasteiger partial charge in [0.1, 0.15) is 0 Å². The predicted octanol–water partition coefficient (Wildman–Crippen LogP) is 3.49. The monoisotopic (exact) mass is 301 g/mol. The predicted molar refractivity (Wildman–Crippen MR) is 74.2 cm³/mol. The summed E-state index contributed by atoms with van der Waals surface area (Å²) in [5.41, 5.74) is 0.571. The molecule has 2 aliphatic carbocycles. The smallest absolute Gasteiger partial charge is 0.223 e. The van der Waals surface area contributed by atoms with E-state index in [1.807, 2.05) is 0 Å². The van der Waals surface area contributed by atoms with E-state index in [2.05, 4.69) is 35.1 Å². The second-order valence-corrected chi connectivity index (χ2v) is 7.20. The summed E-state index contributed by atoms with van der Waals surface area (Å²) in [4.78, 5) is 12.3. The third-order valence-electron chi connectivity index (χ3n) is 4.70. The minimum atomic E-state index is 0.188. The van der Waals surface area contributed by atoms with Gasteiger partial charge in [0.15, 0.2) is 0 Å². The summed E-state index contributed by atoms with van der Waals surface area (Å²) in [5, 5.41) is 4.21. The molecule has 0 aromatic carbocycles. The number of nitrogens with one attached hydrogen (secondary N) is 1. The Hall–Kier alpha value is -0.0500. The van der Waals surface area contributed by atoms with Crippen molar-refractivity contribution in [2.45, 2.75) is 52.4 Å². The van der Waals surface area contributed by atoms with E-state index < -0.39 is 0 Å². The van der Waals surface area contributed by atoms with Gasteiger partial charge in [0.2, 0.25) is 5.91 Å². The number of carbonyl (C=O) groups excluding carboxylic acids is 1. The van der Waals surface area contributed by atoms with Gasteiger partial charge in [0, 0.05) is 17.8 Å².